The van der Waals surface area contributed by atoms with E-state index in [1.54, 1.807) is 12.1 Å². The molecule has 1 heterocycles. The number of nitrogens with zero attached hydrogens (tertiary/aromatic N) is 1. The monoisotopic (exact) mass is 255 g/mol. The van der Waals surface area contributed by atoms with Gasteiger partial charge < -0.3 is 10.6 Å². The molecule has 0 spiro atoms. The van der Waals surface area contributed by atoms with Crippen molar-refractivity contribution in [3.05, 3.63) is 33.3 Å². The van der Waals surface area contributed by atoms with Gasteiger partial charge in [0.25, 0.3) is 5.69 Å². The van der Waals surface area contributed by atoms with Gasteiger partial charge in [-0.3, -0.25) is 10.1 Å². The predicted molar refractivity (Wildman–Crippen MR) is 67.6 cm³/mol. The summed E-state index contributed by atoms with van der Waals surface area (Å²) in [5.74, 6) is 0. The maximum Gasteiger partial charge on any atom is 0.293 e. The minimum Gasteiger partial charge on any atom is -0.377 e. The standard InChI is InChI=1S/C11H14ClN3O2/c12-8-1-2-10(11(7-8)15(16)17)14-9-3-5-13-6-4-9/h1-2,7,9,13-14H,3-6H2. The zero-order chi connectivity index (χ0) is 12.3. The fraction of sp³-hybridized carbons (Fsp3) is 0.455. The summed E-state index contributed by atoms with van der Waals surface area (Å²) >= 11 is 5.76. The van der Waals surface area contributed by atoms with Crippen molar-refractivity contribution in [3.8, 4) is 0 Å². The van der Waals surface area contributed by atoms with E-state index in [9.17, 15) is 10.1 Å². The molecule has 0 aliphatic carbocycles. The van der Waals surface area contributed by atoms with E-state index in [0.717, 1.165) is 25.9 Å². The van der Waals surface area contributed by atoms with Gasteiger partial charge in [-0.1, -0.05) is 11.6 Å². The summed E-state index contributed by atoms with van der Waals surface area (Å²) in [6.07, 6.45) is 1.94. The van der Waals surface area contributed by atoms with E-state index in [-0.39, 0.29) is 11.7 Å². The normalized spacial score (nSPS) is 16.8. The average molecular weight is 256 g/mol. The van der Waals surface area contributed by atoms with Gasteiger partial charge in [-0.15, -0.1) is 0 Å². The number of rotatable bonds is 3. The van der Waals surface area contributed by atoms with Crippen LogP contribution < -0.4 is 10.6 Å². The Kier molecular flexibility index (Phi) is 3.81. The third-order valence-corrected chi connectivity index (χ3v) is 3.09. The van der Waals surface area contributed by atoms with Gasteiger partial charge in [0.15, 0.2) is 0 Å². The second-order valence-electron chi connectivity index (χ2n) is 4.09. The Hall–Kier alpha value is -1.33. The quantitative estimate of drug-likeness (QED) is 0.643. The lowest BCUT2D eigenvalue weighted by atomic mass is 10.1. The van der Waals surface area contributed by atoms with Crippen molar-refractivity contribution < 1.29 is 4.92 Å². The second kappa shape index (κ2) is 5.33. The lowest BCUT2D eigenvalue weighted by molar-refractivity contribution is -0.384. The molecule has 1 aliphatic rings. The molecule has 1 aromatic carbocycles. The summed E-state index contributed by atoms with van der Waals surface area (Å²) in [7, 11) is 0. The molecule has 0 bridgehead atoms. The average Bonchev–Trinajstić information content (AvgIpc) is 2.32. The molecule has 92 valence electrons. The third kappa shape index (κ3) is 3.08. The van der Waals surface area contributed by atoms with Crippen molar-refractivity contribution in [1.82, 2.24) is 5.32 Å². The van der Waals surface area contributed by atoms with E-state index >= 15 is 0 Å². The maximum atomic E-state index is 10.9. The fourth-order valence-corrected chi connectivity index (χ4v) is 2.13. The minimum atomic E-state index is -0.407. The molecule has 0 atom stereocenters. The molecule has 0 unspecified atom stereocenters. The van der Waals surface area contributed by atoms with E-state index in [4.69, 9.17) is 11.6 Å². The molecule has 0 saturated carbocycles. The van der Waals surface area contributed by atoms with Gasteiger partial charge in [0.05, 0.1) is 4.92 Å². The van der Waals surface area contributed by atoms with E-state index in [1.165, 1.54) is 6.07 Å². The van der Waals surface area contributed by atoms with Crippen LogP contribution in [0.1, 0.15) is 12.8 Å². The number of nitro benzene ring substituents is 1. The zero-order valence-corrected chi connectivity index (χ0v) is 10.0. The summed E-state index contributed by atoms with van der Waals surface area (Å²) in [6.45, 7) is 1.89. The van der Waals surface area contributed by atoms with Crippen LogP contribution in [0.3, 0.4) is 0 Å². The highest BCUT2D eigenvalue weighted by Crippen LogP contribution is 2.29. The lowest BCUT2D eigenvalue weighted by Crippen LogP contribution is -2.35. The first-order valence-electron chi connectivity index (χ1n) is 5.58. The van der Waals surface area contributed by atoms with Crippen LogP contribution in [0.15, 0.2) is 18.2 Å². The first kappa shape index (κ1) is 12.1. The highest BCUT2D eigenvalue weighted by atomic mass is 35.5. The molecule has 0 aromatic heterocycles. The number of piperidine rings is 1. The first-order chi connectivity index (χ1) is 8.16. The summed E-state index contributed by atoms with van der Waals surface area (Å²) in [6, 6.07) is 5.00. The van der Waals surface area contributed by atoms with Crippen LogP contribution in [0.5, 0.6) is 0 Å². The maximum absolute atomic E-state index is 10.9. The number of hydrogen-bond donors (Lipinski definition) is 2. The summed E-state index contributed by atoms with van der Waals surface area (Å²) < 4.78 is 0. The molecule has 1 aromatic rings. The van der Waals surface area contributed by atoms with E-state index in [2.05, 4.69) is 10.6 Å². The molecule has 6 heteroatoms. The molecule has 1 aliphatic heterocycles. The number of anilines is 1. The SMILES string of the molecule is O=[N+]([O-])c1cc(Cl)ccc1NC1CCNCC1. The van der Waals surface area contributed by atoms with E-state index in [1.807, 2.05) is 0 Å². The highest BCUT2D eigenvalue weighted by molar-refractivity contribution is 6.30. The summed E-state index contributed by atoms with van der Waals surface area (Å²) in [4.78, 5) is 10.5. The third-order valence-electron chi connectivity index (χ3n) is 2.86. The Morgan fingerprint density at radius 2 is 2.12 bits per heavy atom. The Bertz CT molecular complexity index is 419. The molecular formula is C11H14ClN3O2. The molecule has 5 nitrogen and oxygen atoms in total. The van der Waals surface area contributed by atoms with Gasteiger partial charge in [0, 0.05) is 17.1 Å². The van der Waals surface area contributed by atoms with Gasteiger partial charge >= 0.3 is 0 Å². The lowest BCUT2D eigenvalue weighted by Gasteiger charge is -2.24. The molecule has 0 amide bonds. The Labute approximate surface area is 104 Å². The number of hydrogen-bond acceptors (Lipinski definition) is 4. The summed E-state index contributed by atoms with van der Waals surface area (Å²) in [5.41, 5.74) is 0.585. The second-order valence-corrected chi connectivity index (χ2v) is 4.52. The molecule has 2 rings (SSSR count). The van der Waals surface area contributed by atoms with Crippen LogP contribution in [0, 0.1) is 10.1 Å². The highest BCUT2D eigenvalue weighted by Gasteiger charge is 2.19. The van der Waals surface area contributed by atoms with Crippen molar-refractivity contribution in [2.75, 3.05) is 18.4 Å². The number of benzene rings is 1. The van der Waals surface area contributed by atoms with Gasteiger partial charge in [0.1, 0.15) is 5.69 Å². The van der Waals surface area contributed by atoms with Crippen LogP contribution in [0.4, 0.5) is 11.4 Å². The number of halogens is 1. The molecule has 0 radical (unpaired) electrons. The fourth-order valence-electron chi connectivity index (χ4n) is 1.96. The van der Waals surface area contributed by atoms with Crippen molar-refractivity contribution in [2.24, 2.45) is 0 Å². The largest absolute Gasteiger partial charge is 0.377 e. The smallest absolute Gasteiger partial charge is 0.293 e. The first-order valence-corrected chi connectivity index (χ1v) is 5.96. The summed E-state index contributed by atoms with van der Waals surface area (Å²) in [5, 5.41) is 17.8. The molecule has 17 heavy (non-hydrogen) atoms. The van der Waals surface area contributed by atoms with E-state index < -0.39 is 4.92 Å². The van der Waals surface area contributed by atoms with E-state index in [0.29, 0.717) is 10.7 Å². The minimum absolute atomic E-state index is 0.0380. The molecular weight excluding hydrogens is 242 g/mol. The zero-order valence-electron chi connectivity index (χ0n) is 9.28. The topological polar surface area (TPSA) is 67.2 Å². The molecule has 1 fully saturated rings. The predicted octanol–water partition coefficient (Wildman–Crippen LogP) is 2.41. The van der Waals surface area contributed by atoms with Gasteiger partial charge in [0.2, 0.25) is 0 Å². The van der Waals surface area contributed by atoms with Crippen LogP contribution in [-0.4, -0.2) is 24.1 Å². The van der Waals surface area contributed by atoms with Crippen LogP contribution in [0.25, 0.3) is 0 Å². The van der Waals surface area contributed by atoms with Crippen molar-refractivity contribution >= 4 is 23.0 Å². The van der Waals surface area contributed by atoms with Crippen LogP contribution in [-0.2, 0) is 0 Å². The Morgan fingerprint density at radius 1 is 1.41 bits per heavy atom. The van der Waals surface area contributed by atoms with Crippen LogP contribution >= 0.6 is 11.6 Å². The Balaban J connectivity index is 2.16. The Morgan fingerprint density at radius 3 is 2.76 bits per heavy atom. The van der Waals surface area contributed by atoms with Crippen molar-refractivity contribution in [3.63, 3.8) is 0 Å². The van der Waals surface area contributed by atoms with Crippen molar-refractivity contribution in [1.29, 1.82) is 0 Å². The van der Waals surface area contributed by atoms with Crippen molar-refractivity contribution in [2.45, 2.75) is 18.9 Å². The molecule has 1 saturated heterocycles. The number of nitrogens with one attached hydrogen (secondary N) is 2. The van der Waals surface area contributed by atoms with Gasteiger partial charge in [-0.2, -0.15) is 0 Å². The molecule has 2 N–H and O–H groups in total. The number of nitro groups is 1. The van der Waals surface area contributed by atoms with Crippen LogP contribution in [0.2, 0.25) is 5.02 Å². The van der Waals surface area contributed by atoms with Gasteiger partial charge in [-0.05, 0) is 38.1 Å². The van der Waals surface area contributed by atoms with Gasteiger partial charge in [-0.25, -0.2) is 0 Å².